The second-order valence-corrected chi connectivity index (χ2v) is 8.51. The average molecular weight is 427 g/mol. The molecule has 0 N–H and O–H groups in total. The standard InChI is InChI=1S/C24H27ClN2O3/c1-16-21-13-18(25)8-11-22(21)30-23(16)24(28)27(15-20-5-4-12-29-20)14-17-6-9-19(10-7-17)26(2)3/h6-11,13,20H,4-5,12,14-15H2,1-3H3/t20-/m0/s1. The Morgan fingerprint density at radius 2 is 1.93 bits per heavy atom. The molecule has 1 aromatic heterocycles. The second-order valence-electron chi connectivity index (χ2n) is 8.08. The Morgan fingerprint density at radius 1 is 1.17 bits per heavy atom. The average Bonchev–Trinajstić information content (AvgIpc) is 3.35. The summed E-state index contributed by atoms with van der Waals surface area (Å²) in [7, 11) is 4.03. The van der Waals surface area contributed by atoms with E-state index in [-0.39, 0.29) is 12.0 Å². The molecule has 1 atom stereocenters. The number of ether oxygens (including phenoxy) is 1. The Bertz CT molecular complexity index is 1040. The fraction of sp³-hybridized carbons (Fsp3) is 0.375. The van der Waals surface area contributed by atoms with Gasteiger partial charge < -0.3 is 19.0 Å². The van der Waals surface area contributed by atoms with Crippen LogP contribution in [-0.4, -0.2) is 44.2 Å². The van der Waals surface area contributed by atoms with Crippen LogP contribution in [0.5, 0.6) is 0 Å². The van der Waals surface area contributed by atoms with Crippen LogP contribution in [0.25, 0.3) is 11.0 Å². The number of aryl methyl sites for hydroxylation is 1. The molecule has 0 bridgehead atoms. The van der Waals surface area contributed by atoms with Crippen LogP contribution in [0.1, 0.15) is 34.5 Å². The largest absolute Gasteiger partial charge is 0.451 e. The fourth-order valence-electron chi connectivity index (χ4n) is 3.91. The minimum Gasteiger partial charge on any atom is -0.451 e. The first-order chi connectivity index (χ1) is 14.4. The second kappa shape index (κ2) is 8.70. The number of carbonyl (C=O) groups is 1. The van der Waals surface area contributed by atoms with Crippen molar-refractivity contribution in [3.05, 3.63) is 64.4 Å². The Morgan fingerprint density at radius 3 is 2.60 bits per heavy atom. The minimum absolute atomic E-state index is 0.0640. The number of amides is 1. The highest BCUT2D eigenvalue weighted by Gasteiger charge is 2.27. The molecule has 1 fully saturated rings. The maximum atomic E-state index is 13.5. The third kappa shape index (κ3) is 4.32. The monoisotopic (exact) mass is 426 g/mol. The lowest BCUT2D eigenvalue weighted by molar-refractivity contribution is 0.0485. The molecular weight excluding hydrogens is 400 g/mol. The minimum atomic E-state index is -0.119. The molecule has 0 spiro atoms. The number of hydrogen-bond donors (Lipinski definition) is 0. The highest BCUT2D eigenvalue weighted by atomic mass is 35.5. The number of furan rings is 1. The molecule has 0 radical (unpaired) electrons. The first-order valence-corrected chi connectivity index (χ1v) is 10.7. The molecule has 0 saturated carbocycles. The number of halogens is 1. The van der Waals surface area contributed by atoms with Gasteiger partial charge in [0.25, 0.3) is 5.91 Å². The lowest BCUT2D eigenvalue weighted by Crippen LogP contribution is -2.37. The van der Waals surface area contributed by atoms with Crippen LogP contribution in [0.4, 0.5) is 5.69 Å². The SMILES string of the molecule is Cc1c(C(=O)N(Cc2ccc(N(C)C)cc2)C[C@@H]2CCCO2)oc2ccc(Cl)cc12. The quantitative estimate of drug-likeness (QED) is 0.537. The smallest absolute Gasteiger partial charge is 0.290 e. The highest BCUT2D eigenvalue weighted by Crippen LogP contribution is 2.29. The molecule has 6 heteroatoms. The van der Waals surface area contributed by atoms with E-state index >= 15 is 0 Å². The lowest BCUT2D eigenvalue weighted by Gasteiger charge is -2.25. The molecule has 5 nitrogen and oxygen atoms in total. The topological polar surface area (TPSA) is 45.9 Å². The summed E-state index contributed by atoms with van der Waals surface area (Å²) >= 11 is 6.14. The van der Waals surface area contributed by atoms with Crippen molar-refractivity contribution in [3.63, 3.8) is 0 Å². The lowest BCUT2D eigenvalue weighted by atomic mass is 10.1. The van der Waals surface area contributed by atoms with Gasteiger partial charge in [0.15, 0.2) is 5.76 Å². The molecule has 0 aliphatic carbocycles. The van der Waals surface area contributed by atoms with Crippen LogP contribution < -0.4 is 4.90 Å². The maximum absolute atomic E-state index is 13.5. The van der Waals surface area contributed by atoms with Crippen LogP contribution in [0, 0.1) is 6.92 Å². The van der Waals surface area contributed by atoms with Crippen molar-refractivity contribution in [2.24, 2.45) is 0 Å². The van der Waals surface area contributed by atoms with Gasteiger partial charge in [-0.2, -0.15) is 0 Å². The molecule has 2 aromatic carbocycles. The van der Waals surface area contributed by atoms with Gasteiger partial charge in [0.05, 0.1) is 6.10 Å². The Balaban J connectivity index is 1.63. The van der Waals surface area contributed by atoms with Gasteiger partial charge in [-0.05, 0) is 55.7 Å². The van der Waals surface area contributed by atoms with Crippen molar-refractivity contribution in [3.8, 4) is 0 Å². The van der Waals surface area contributed by atoms with E-state index < -0.39 is 0 Å². The molecule has 30 heavy (non-hydrogen) atoms. The first-order valence-electron chi connectivity index (χ1n) is 10.3. The van der Waals surface area contributed by atoms with E-state index in [2.05, 4.69) is 29.2 Å². The fourth-order valence-corrected chi connectivity index (χ4v) is 4.09. The highest BCUT2D eigenvalue weighted by molar-refractivity contribution is 6.31. The summed E-state index contributed by atoms with van der Waals surface area (Å²) in [4.78, 5) is 17.4. The van der Waals surface area contributed by atoms with Crippen molar-refractivity contribution in [2.75, 3.05) is 32.1 Å². The zero-order valence-electron chi connectivity index (χ0n) is 17.7. The van der Waals surface area contributed by atoms with E-state index in [4.69, 9.17) is 20.8 Å². The van der Waals surface area contributed by atoms with Crippen LogP contribution in [0.15, 0.2) is 46.9 Å². The maximum Gasteiger partial charge on any atom is 0.290 e. The van der Waals surface area contributed by atoms with Gasteiger partial charge in [-0.3, -0.25) is 4.79 Å². The van der Waals surface area contributed by atoms with Gasteiger partial charge in [-0.1, -0.05) is 23.7 Å². The predicted octanol–water partition coefficient (Wildman–Crippen LogP) is 5.28. The summed E-state index contributed by atoms with van der Waals surface area (Å²) in [6, 6.07) is 13.7. The van der Waals surface area contributed by atoms with Crippen molar-refractivity contribution in [1.29, 1.82) is 0 Å². The molecule has 0 unspecified atom stereocenters. The van der Waals surface area contributed by atoms with Crippen LogP contribution in [0.3, 0.4) is 0 Å². The summed E-state index contributed by atoms with van der Waals surface area (Å²) in [6.45, 7) is 3.72. The molecule has 3 aromatic rings. The van der Waals surface area contributed by atoms with E-state index in [1.807, 2.05) is 38.1 Å². The van der Waals surface area contributed by atoms with Crippen molar-refractivity contribution in [2.45, 2.75) is 32.4 Å². The van der Waals surface area contributed by atoms with E-state index in [9.17, 15) is 4.79 Å². The third-order valence-electron chi connectivity index (χ3n) is 5.65. The zero-order chi connectivity index (χ0) is 21.3. The summed E-state index contributed by atoms with van der Waals surface area (Å²) in [5, 5.41) is 1.50. The summed E-state index contributed by atoms with van der Waals surface area (Å²) in [5.74, 6) is 0.252. The van der Waals surface area contributed by atoms with E-state index in [1.165, 1.54) is 0 Å². The van der Waals surface area contributed by atoms with Gasteiger partial charge in [0.1, 0.15) is 5.58 Å². The summed E-state index contributed by atoms with van der Waals surface area (Å²) < 4.78 is 11.8. The van der Waals surface area contributed by atoms with Gasteiger partial charge in [0.2, 0.25) is 0 Å². The van der Waals surface area contributed by atoms with Crippen LogP contribution in [0.2, 0.25) is 5.02 Å². The van der Waals surface area contributed by atoms with Gasteiger partial charge >= 0.3 is 0 Å². The zero-order valence-corrected chi connectivity index (χ0v) is 18.4. The number of benzene rings is 2. The van der Waals surface area contributed by atoms with Crippen LogP contribution in [-0.2, 0) is 11.3 Å². The normalized spacial score (nSPS) is 16.2. The van der Waals surface area contributed by atoms with Crippen molar-refractivity contribution < 1.29 is 13.9 Å². The number of rotatable bonds is 6. The number of nitrogens with zero attached hydrogens (tertiary/aromatic N) is 2. The van der Waals surface area contributed by atoms with Gasteiger partial charge in [-0.25, -0.2) is 0 Å². The molecule has 158 valence electrons. The number of fused-ring (bicyclic) bond motifs is 1. The third-order valence-corrected chi connectivity index (χ3v) is 5.89. The number of carbonyl (C=O) groups excluding carboxylic acids is 1. The molecule has 4 rings (SSSR count). The Hall–Kier alpha value is -2.50. The summed E-state index contributed by atoms with van der Waals surface area (Å²) in [5.41, 5.74) is 3.69. The van der Waals surface area contributed by atoms with Gasteiger partial charge in [-0.15, -0.1) is 0 Å². The van der Waals surface area contributed by atoms with Crippen molar-refractivity contribution in [1.82, 2.24) is 4.90 Å². The molecule has 1 aliphatic heterocycles. The van der Waals surface area contributed by atoms with Crippen LogP contribution >= 0.6 is 11.6 Å². The summed E-state index contributed by atoms with van der Waals surface area (Å²) in [6.07, 6.45) is 2.07. The Kier molecular flexibility index (Phi) is 6.02. The number of anilines is 1. The predicted molar refractivity (Wildman–Crippen MR) is 120 cm³/mol. The van der Waals surface area contributed by atoms with Gasteiger partial charge in [0, 0.05) is 55.5 Å². The number of hydrogen-bond acceptors (Lipinski definition) is 4. The van der Waals surface area contributed by atoms with E-state index in [0.29, 0.717) is 29.5 Å². The molecule has 1 amide bonds. The molecule has 1 saturated heterocycles. The molecular formula is C24H27ClN2O3. The van der Waals surface area contributed by atoms with E-state index in [1.54, 1.807) is 6.07 Å². The first kappa shape index (κ1) is 20.8. The van der Waals surface area contributed by atoms with Crippen molar-refractivity contribution >= 4 is 34.2 Å². The molecule has 1 aliphatic rings. The Labute approximate surface area is 182 Å². The molecule has 2 heterocycles. The van der Waals surface area contributed by atoms with E-state index in [0.717, 1.165) is 41.6 Å².